The summed E-state index contributed by atoms with van der Waals surface area (Å²) in [7, 11) is 0. The quantitative estimate of drug-likeness (QED) is 0.496. The molecular weight excluding hydrogens is 390 g/mol. The molecule has 3 heterocycles. The van der Waals surface area contributed by atoms with Gasteiger partial charge in [-0.3, -0.25) is 4.90 Å². The highest BCUT2D eigenvalue weighted by Gasteiger charge is 2.21. The van der Waals surface area contributed by atoms with Gasteiger partial charge in [-0.05, 0) is 53.8 Å². The van der Waals surface area contributed by atoms with Crippen molar-refractivity contribution in [3.8, 4) is 17.0 Å². The Bertz CT molecular complexity index is 1120. The van der Waals surface area contributed by atoms with Crippen molar-refractivity contribution in [1.29, 1.82) is 0 Å². The van der Waals surface area contributed by atoms with Crippen LogP contribution in [0.2, 0.25) is 0 Å². The van der Waals surface area contributed by atoms with Crippen LogP contribution < -0.4 is 4.90 Å². The van der Waals surface area contributed by atoms with Crippen LogP contribution in [0.4, 0.5) is 5.82 Å². The molecule has 1 aliphatic heterocycles. The van der Waals surface area contributed by atoms with Gasteiger partial charge in [-0.1, -0.05) is 30.3 Å². The number of phenols is 1. The molecule has 4 aromatic rings. The number of fused-ring (bicyclic) bond motifs is 1. The number of phenolic OH excluding ortho intramolecular Hbond substituents is 1. The van der Waals surface area contributed by atoms with Crippen molar-refractivity contribution in [3.05, 3.63) is 77.7 Å². The highest BCUT2D eigenvalue weighted by molar-refractivity contribution is 7.17. The summed E-state index contributed by atoms with van der Waals surface area (Å²) in [6, 6.07) is 22.4. The zero-order valence-electron chi connectivity index (χ0n) is 16.9. The number of nitrogens with zero attached hydrogens (tertiary/aromatic N) is 3. The fourth-order valence-electron chi connectivity index (χ4n) is 4.08. The van der Waals surface area contributed by atoms with E-state index in [1.54, 1.807) is 23.5 Å². The average Bonchev–Trinajstić information content (AvgIpc) is 3.27. The number of piperazine rings is 1. The average molecular weight is 416 g/mol. The summed E-state index contributed by atoms with van der Waals surface area (Å²) in [5.41, 5.74) is 3.40. The molecule has 5 heteroatoms. The first kappa shape index (κ1) is 19.1. The van der Waals surface area contributed by atoms with Gasteiger partial charge in [-0.2, -0.15) is 0 Å². The van der Waals surface area contributed by atoms with Crippen molar-refractivity contribution in [2.45, 2.75) is 6.42 Å². The van der Waals surface area contributed by atoms with Crippen LogP contribution in [0, 0.1) is 0 Å². The summed E-state index contributed by atoms with van der Waals surface area (Å²) >= 11 is 1.76. The Morgan fingerprint density at radius 2 is 1.67 bits per heavy atom. The lowest BCUT2D eigenvalue weighted by atomic mass is 10.1. The number of aromatic hydroxyl groups is 1. The highest BCUT2D eigenvalue weighted by atomic mass is 32.1. The highest BCUT2D eigenvalue weighted by Crippen LogP contribution is 2.34. The van der Waals surface area contributed by atoms with Crippen molar-refractivity contribution >= 4 is 27.2 Å². The van der Waals surface area contributed by atoms with E-state index in [1.165, 1.54) is 15.6 Å². The number of pyridine rings is 1. The monoisotopic (exact) mass is 415 g/mol. The van der Waals surface area contributed by atoms with Crippen molar-refractivity contribution in [3.63, 3.8) is 0 Å². The van der Waals surface area contributed by atoms with E-state index < -0.39 is 0 Å². The number of rotatable bonds is 5. The fraction of sp³-hybridized carbons (Fsp3) is 0.240. The zero-order valence-corrected chi connectivity index (χ0v) is 17.7. The molecule has 0 amide bonds. The molecular formula is C25H25N3OS. The van der Waals surface area contributed by atoms with Gasteiger partial charge in [0.05, 0.1) is 5.69 Å². The Balaban J connectivity index is 1.32. The Hall–Kier alpha value is -2.89. The summed E-state index contributed by atoms with van der Waals surface area (Å²) in [5.74, 6) is 1.36. The Labute approximate surface area is 181 Å². The first-order valence-corrected chi connectivity index (χ1v) is 11.3. The lowest BCUT2D eigenvalue weighted by Crippen LogP contribution is -2.47. The maximum atomic E-state index is 9.61. The van der Waals surface area contributed by atoms with E-state index in [4.69, 9.17) is 4.98 Å². The summed E-state index contributed by atoms with van der Waals surface area (Å²) in [5, 5.41) is 13.0. The van der Waals surface area contributed by atoms with Crippen molar-refractivity contribution in [1.82, 2.24) is 9.88 Å². The van der Waals surface area contributed by atoms with E-state index in [2.05, 4.69) is 57.6 Å². The Morgan fingerprint density at radius 1 is 0.900 bits per heavy atom. The number of benzene rings is 2. The Morgan fingerprint density at radius 3 is 2.43 bits per heavy atom. The van der Waals surface area contributed by atoms with Gasteiger partial charge in [-0.25, -0.2) is 4.98 Å². The number of aromatic nitrogens is 1. The molecule has 0 saturated carbocycles. The number of anilines is 1. The third kappa shape index (κ3) is 4.04. The van der Waals surface area contributed by atoms with Gasteiger partial charge >= 0.3 is 0 Å². The van der Waals surface area contributed by atoms with Crippen LogP contribution in [0.1, 0.15) is 5.56 Å². The molecule has 152 valence electrons. The normalized spacial score (nSPS) is 15.0. The molecule has 2 aromatic heterocycles. The maximum absolute atomic E-state index is 9.61. The van der Waals surface area contributed by atoms with Gasteiger partial charge in [-0.15, -0.1) is 11.3 Å². The van der Waals surface area contributed by atoms with Gasteiger partial charge in [0.2, 0.25) is 0 Å². The topological polar surface area (TPSA) is 39.6 Å². The van der Waals surface area contributed by atoms with E-state index in [9.17, 15) is 5.11 Å². The first-order chi connectivity index (χ1) is 14.8. The summed E-state index contributed by atoms with van der Waals surface area (Å²) < 4.78 is 1.26. The minimum absolute atomic E-state index is 0.280. The van der Waals surface area contributed by atoms with Crippen LogP contribution in [0.15, 0.2) is 72.1 Å². The molecule has 1 saturated heterocycles. The lowest BCUT2D eigenvalue weighted by Gasteiger charge is -2.36. The van der Waals surface area contributed by atoms with E-state index in [-0.39, 0.29) is 5.75 Å². The molecule has 0 spiro atoms. The van der Waals surface area contributed by atoms with E-state index in [0.29, 0.717) is 0 Å². The molecule has 4 nitrogen and oxygen atoms in total. The molecule has 2 aromatic carbocycles. The lowest BCUT2D eigenvalue weighted by molar-refractivity contribution is 0.260. The van der Waals surface area contributed by atoms with Crippen molar-refractivity contribution in [2.75, 3.05) is 37.6 Å². The minimum Gasteiger partial charge on any atom is -0.508 e. The van der Waals surface area contributed by atoms with E-state index >= 15 is 0 Å². The second-order valence-corrected chi connectivity index (χ2v) is 8.72. The molecule has 30 heavy (non-hydrogen) atoms. The largest absolute Gasteiger partial charge is 0.508 e. The van der Waals surface area contributed by atoms with Gasteiger partial charge in [0.25, 0.3) is 0 Å². The number of thiophene rings is 1. The smallest absolute Gasteiger partial charge is 0.138 e. The molecule has 0 radical (unpaired) electrons. The molecule has 1 N–H and O–H groups in total. The van der Waals surface area contributed by atoms with Gasteiger partial charge < -0.3 is 10.0 Å². The molecule has 1 aliphatic rings. The minimum atomic E-state index is 0.280. The van der Waals surface area contributed by atoms with Crippen LogP contribution in [0.25, 0.3) is 21.3 Å². The zero-order chi connectivity index (χ0) is 20.3. The second kappa shape index (κ2) is 8.46. The third-order valence-electron chi connectivity index (χ3n) is 5.82. The van der Waals surface area contributed by atoms with Gasteiger partial charge in [0.1, 0.15) is 11.6 Å². The molecule has 0 bridgehead atoms. The molecule has 1 fully saturated rings. The Kier molecular flexibility index (Phi) is 5.39. The number of hydrogen-bond acceptors (Lipinski definition) is 5. The summed E-state index contributed by atoms with van der Waals surface area (Å²) in [6.07, 6.45) is 1.10. The van der Waals surface area contributed by atoms with Crippen molar-refractivity contribution < 1.29 is 5.11 Å². The predicted molar refractivity (Wildman–Crippen MR) is 126 cm³/mol. The van der Waals surface area contributed by atoms with Crippen molar-refractivity contribution in [2.24, 2.45) is 0 Å². The van der Waals surface area contributed by atoms with Gasteiger partial charge in [0.15, 0.2) is 0 Å². The van der Waals surface area contributed by atoms with Crippen LogP contribution in [0.5, 0.6) is 5.75 Å². The summed E-state index contributed by atoms with van der Waals surface area (Å²) in [4.78, 5) is 10.0. The van der Waals surface area contributed by atoms with Crippen LogP contribution in [-0.2, 0) is 6.42 Å². The van der Waals surface area contributed by atoms with Crippen LogP contribution in [-0.4, -0.2) is 47.7 Å². The van der Waals surface area contributed by atoms with Gasteiger partial charge in [0, 0.05) is 48.4 Å². The first-order valence-electron chi connectivity index (χ1n) is 10.5. The third-order valence-corrected chi connectivity index (χ3v) is 6.69. The van der Waals surface area contributed by atoms with Crippen LogP contribution in [0.3, 0.4) is 0 Å². The SMILES string of the molecule is Oc1ccc(-c2cc3sccc3c(N3CCN(CCc4ccccc4)CC3)n2)cc1. The predicted octanol–water partition coefficient (Wildman–Crippen LogP) is 5.03. The standard InChI is InChI=1S/C25H25N3OS/c29-21-8-6-20(7-9-21)23-18-24-22(11-17-30-24)25(26-23)28-15-13-27(14-16-28)12-10-19-4-2-1-3-5-19/h1-9,11,17-18,29H,10,12-16H2. The maximum Gasteiger partial charge on any atom is 0.138 e. The molecule has 0 atom stereocenters. The van der Waals surface area contributed by atoms with E-state index in [1.807, 2.05) is 12.1 Å². The van der Waals surface area contributed by atoms with E-state index in [0.717, 1.165) is 56.2 Å². The molecule has 5 rings (SSSR count). The fourth-order valence-corrected chi connectivity index (χ4v) is 4.90. The molecule has 0 aliphatic carbocycles. The molecule has 0 unspecified atom stereocenters. The number of hydrogen-bond donors (Lipinski definition) is 1. The van der Waals surface area contributed by atoms with Crippen LogP contribution >= 0.6 is 11.3 Å². The second-order valence-electron chi connectivity index (χ2n) is 7.77. The summed E-state index contributed by atoms with van der Waals surface area (Å²) in [6.45, 7) is 5.21.